The third kappa shape index (κ3) is 4.39. The number of aromatic nitrogens is 1. The summed E-state index contributed by atoms with van der Waals surface area (Å²) in [6.45, 7) is 3.54. The van der Waals surface area contributed by atoms with Gasteiger partial charge in [0.15, 0.2) is 5.13 Å². The van der Waals surface area contributed by atoms with E-state index in [4.69, 9.17) is 15.2 Å². The summed E-state index contributed by atoms with van der Waals surface area (Å²) in [7, 11) is 1.59. The van der Waals surface area contributed by atoms with E-state index in [1.807, 2.05) is 4.90 Å². The van der Waals surface area contributed by atoms with Gasteiger partial charge in [0.25, 0.3) is 5.91 Å². The van der Waals surface area contributed by atoms with E-state index in [0.717, 1.165) is 5.13 Å². The minimum Gasteiger partial charge on any atom is -0.382 e. The van der Waals surface area contributed by atoms with E-state index in [2.05, 4.69) is 4.98 Å². The van der Waals surface area contributed by atoms with E-state index < -0.39 is 5.91 Å². The number of primary amides is 1. The molecule has 1 aliphatic rings. The van der Waals surface area contributed by atoms with Gasteiger partial charge in [0, 0.05) is 38.7 Å². The van der Waals surface area contributed by atoms with Crippen LogP contribution in [-0.4, -0.2) is 74.8 Å². The van der Waals surface area contributed by atoms with E-state index >= 15 is 0 Å². The SMILES string of the molecule is COCCOCC(=O)N1CCN(c2nc(C(N)=O)cs2)CC1. The molecule has 0 radical (unpaired) electrons. The Hall–Kier alpha value is -1.71. The molecule has 1 aromatic heterocycles. The van der Waals surface area contributed by atoms with Gasteiger partial charge in [-0.25, -0.2) is 4.98 Å². The van der Waals surface area contributed by atoms with Crippen LogP contribution in [0.15, 0.2) is 5.38 Å². The van der Waals surface area contributed by atoms with Gasteiger partial charge in [-0.15, -0.1) is 11.3 Å². The smallest absolute Gasteiger partial charge is 0.268 e. The minimum atomic E-state index is -0.524. The third-order valence-corrected chi connectivity index (χ3v) is 4.21. The van der Waals surface area contributed by atoms with Crippen LogP contribution in [0.2, 0.25) is 0 Å². The second kappa shape index (κ2) is 8.06. The Balaban J connectivity index is 1.77. The maximum absolute atomic E-state index is 12.0. The lowest BCUT2D eigenvalue weighted by Crippen LogP contribution is -2.49. The summed E-state index contributed by atoms with van der Waals surface area (Å²) in [4.78, 5) is 31.0. The molecule has 0 spiro atoms. The van der Waals surface area contributed by atoms with E-state index in [1.165, 1.54) is 11.3 Å². The number of carbonyl (C=O) groups is 2. The van der Waals surface area contributed by atoms with Crippen molar-refractivity contribution in [3.8, 4) is 0 Å². The molecule has 2 heterocycles. The van der Waals surface area contributed by atoms with Crippen LogP contribution in [0, 0.1) is 0 Å². The zero-order valence-electron chi connectivity index (χ0n) is 12.5. The first-order chi connectivity index (χ1) is 10.6. The molecule has 2 N–H and O–H groups in total. The Morgan fingerprint density at radius 1 is 1.32 bits per heavy atom. The number of nitrogens with two attached hydrogens (primary N) is 1. The zero-order chi connectivity index (χ0) is 15.9. The predicted octanol–water partition coefficient (Wildman–Crippen LogP) is -0.446. The number of thiazole rings is 1. The van der Waals surface area contributed by atoms with Gasteiger partial charge in [-0.2, -0.15) is 0 Å². The lowest BCUT2D eigenvalue weighted by Gasteiger charge is -2.34. The van der Waals surface area contributed by atoms with Gasteiger partial charge in [0.05, 0.1) is 13.2 Å². The second-order valence-electron chi connectivity index (χ2n) is 4.79. The number of nitrogens with zero attached hydrogens (tertiary/aromatic N) is 3. The van der Waals surface area contributed by atoms with Crippen LogP contribution >= 0.6 is 11.3 Å². The molecule has 1 aromatic rings. The van der Waals surface area contributed by atoms with Crippen LogP contribution in [0.3, 0.4) is 0 Å². The molecule has 1 aliphatic heterocycles. The van der Waals surface area contributed by atoms with Crippen molar-refractivity contribution in [2.45, 2.75) is 0 Å². The molecule has 0 aromatic carbocycles. The fourth-order valence-electron chi connectivity index (χ4n) is 2.06. The molecule has 0 atom stereocenters. The largest absolute Gasteiger partial charge is 0.382 e. The van der Waals surface area contributed by atoms with E-state index in [1.54, 1.807) is 17.4 Å². The molecular formula is C13H20N4O4S. The lowest BCUT2D eigenvalue weighted by molar-refractivity contribution is -0.136. The molecule has 8 nitrogen and oxygen atoms in total. The highest BCUT2D eigenvalue weighted by Crippen LogP contribution is 2.21. The second-order valence-corrected chi connectivity index (χ2v) is 5.63. The highest BCUT2D eigenvalue weighted by molar-refractivity contribution is 7.13. The molecule has 22 heavy (non-hydrogen) atoms. The van der Waals surface area contributed by atoms with Crippen molar-refractivity contribution in [2.24, 2.45) is 5.73 Å². The first-order valence-corrected chi connectivity index (χ1v) is 7.84. The highest BCUT2D eigenvalue weighted by atomic mass is 32.1. The molecule has 2 amide bonds. The van der Waals surface area contributed by atoms with Gasteiger partial charge in [0.2, 0.25) is 5.91 Å². The highest BCUT2D eigenvalue weighted by Gasteiger charge is 2.23. The Morgan fingerprint density at radius 2 is 2.05 bits per heavy atom. The van der Waals surface area contributed by atoms with Crippen LogP contribution < -0.4 is 10.6 Å². The normalized spacial score (nSPS) is 15.1. The first-order valence-electron chi connectivity index (χ1n) is 6.96. The van der Waals surface area contributed by atoms with Crippen LogP contribution in [0.4, 0.5) is 5.13 Å². The number of hydrogen-bond donors (Lipinski definition) is 1. The maximum Gasteiger partial charge on any atom is 0.268 e. The quantitative estimate of drug-likeness (QED) is 0.681. The number of methoxy groups -OCH3 is 1. The fourth-order valence-corrected chi connectivity index (χ4v) is 2.93. The zero-order valence-corrected chi connectivity index (χ0v) is 13.3. The predicted molar refractivity (Wildman–Crippen MR) is 82.1 cm³/mol. The summed E-state index contributed by atoms with van der Waals surface area (Å²) in [6, 6.07) is 0. The van der Waals surface area contributed by atoms with E-state index in [0.29, 0.717) is 39.4 Å². The molecule has 0 unspecified atom stereocenters. The van der Waals surface area contributed by atoms with Gasteiger partial charge >= 0.3 is 0 Å². The maximum atomic E-state index is 12.0. The third-order valence-electron chi connectivity index (χ3n) is 3.30. The summed E-state index contributed by atoms with van der Waals surface area (Å²) in [5, 5.41) is 2.41. The number of piperazine rings is 1. The van der Waals surface area contributed by atoms with Crippen molar-refractivity contribution in [3.05, 3.63) is 11.1 Å². The van der Waals surface area contributed by atoms with Crippen LogP contribution in [0.25, 0.3) is 0 Å². The molecule has 2 rings (SSSR count). The van der Waals surface area contributed by atoms with Crippen LogP contribution in [0.5, 0.6) is 0 Å². The van der Waals surface area contributed by atoms with Crippen molar-refractivity contribution >= 4 is 28.3 Å². The summed E-state index contributed by atoms with van der Waals surface area (Å²) >= 11 is 1.39. The topological polar surface area (TPSA) is 98.0 Å². The Morgan fingerprint density at radius 3 is 2.64 bits per heavy atom. The number of anilines is 1. The van der Waals surface area contributed by atoms with Crippen LogP contribution in [0.1, 0.15) is 10.5 Å². The van der Waals surface area contributed by atoms with Crippen molar-refractivity contribution in [1.29, 1.82) is 0 Å². The van der Waals surface area contributed by atoms with Gasteiger partial charge in [-0.1, -0.05) is 0 Å². The number of amides is 2. The first kappa shape index (κ1) is 16.7. The molecule has 9 heteroatoms. The molecular weight excluding hydrogens is 308 g/mol. The number of ether oxygens (including phenoxy) is 2. The summed E-state index contributed by atoms with van der Waals surface area (Å²) < 4.78 is 10.1. The van der Waals surface area contributed by atoms with Crippen molar-refractivity contribution in [2.75, 3.05) is 58.0 Å². The summed E-state index contributed by atoms with van der Waals surface area (Å²) in [6.07, 6.45) is 0. The van der Waals surface area contributed by atoms with Gasteiger partial charge < -0.3 is 25.0 Å². The Labute approximate surface area is 132 Å². The number of hydrogen-bond acceptors (Lipinski definition) is 7. The van der Waals surface area contributed by atoms with Gasteiger partial charge in [-0.05, 0) is 0 Å². The Kier molecular flexibility index (Phi) is 6.10. The summed E-state index contributed by atoms with van der Waals surface area (Å²) in [5.41, 5.74) is 5.48. The lowest BCUT2D eigenvalue weighted by atomic mass is 10.3. The number of carbonyl (C=O) groups excluding carboxylic acids is 2. The monoisotopic (exact) mass is 328 g/mol. The fraction of sp³-hybridized carbons (Fsp3) is 0.615. The van der Waals surface area contributed by atoms with E-state index in [-0.39, 0.29) is 18.2 Å². The Bertz CT molecular complexity index is 514. The van der Waals surface area contributed by atoms with Gasteiger partial charge in [0.1, 0.15) is 12.3 Å². The standard InChI is InChI=1S/C13H20N4O4S/c1-20-6-7-21-8-11(18)16-2-4-17(5-3-16)13-15-10(9-22-13)12(14)19/h9H,2-8H2,1H3,(H2,14,19). The molecule has 1 saturated heterocycles. The van der Waals surface area contributed by atoms with E-state index in [9.17, 15) is 9.59 Å². The minimum absolute atomic E-state index is 0.0206. The molecule has 1 fully saturated rings. The average molecular weight is 328 g/mol. The van der Waals surface area contributed by atoms with Gasteiger partial charge in [-0.3, -0.25) is 9.59 Å². The van der Waals surface area contributed by atoms with Crippen LogP contribution in [-0.2, 0) is 14.3 Å². The average Bonchev–Trinajstić information content (AvgIpc) is 3.02. The number of rotatable bonds is 7. The summed E-state index contributed by atoms with van der Waals surface area (Å²) in [5.74, 6) is -0.544. The van der Waals surface area contributed by atoms with Crippen molar-refractivity contribution in [1.82, 2.24) is 9.88 Å². The van der Waals surface area contributed by atoms with Crippen molar-refractivity contribution in [3.63, 3.8) is 0 Å². The molecule has 0 aliphatic carbocycles. The molecule has 0 bridgehead atoms. The molecule has 0 saturated carbocycles. The van der Waals surface area contributed by atoms with Crippen molar-refractivity contribution < 1.29 is 19.1 Å². The molecule has 122 valence electrons.